The Labute approximate surface area is 140 Å². The van der Waals surface area contributed by atoms with Gasteiger partial charge in [-0.1, -0.05) is 29.8 Å². The molecule has 3 rings (SSSR count). The molecule has 0 aliphatic rings. The lowest BCUT2D eigenvalue weighted by atomic mass is 10.1. The van der Waals surface area contributed by atoms with Crippen molar-refractivity contribution in [1.29, 1.82) is 0 Å². The van der Waals surface area contributed by atoms with E-state index in [-0.39, 0.29) is 10.6 Å². The molecule has 0 saturated carbocycles. The molecular weight excluding hydrogens is 326 g/mol. The lowest BCUT2D eigenvalue weighted by Gasteiger charge is -2.10. The molecule has 0 amide bonds. The summed E-state index contributed by atoms with van der Waals surface area (Å²) in [6.07, 6.45) is 0. The number of fused-ring (bicyclic) bond motifs is 1. The Morgan fingerprint density at radius 2 is 1.83 bits per heavy atom. The van der Waals surface area contributed by atoms with Crippen LogP contribution in [0.3, 0.4) is 0 Å². The molecule has 0 saturated heterocycles. The molecule has 0 fully saturated rings. The smallest absolute Gasteiger partial charge is 0.294 e. The Hall–Kier alpha value is -2.57. The first-order chi connectivity index (χ1) is 11.3. The third-order valence-electron chi connectivity index (χ3n) is 3.78. The number of rotatable bonds is 4. The summed E-state index contributed by atoms with van der Waals surface area (Å²) in [5, 5.41) is 14.3. The van der Waals surface area contributed by atoms with Crippen LogP contribution in [0.15, 0.2) is 59.5 Å². The molecule has 0 spiro atoms. The van der Waals surface area contributed by atoms with Crippen LogP contribution < -0.4 is 5.32 Å². The van der Waals surface area contributed by atoms with Gasteiger partial charge in [-0.3, -0.25) is 4.55 Å². The summed E-state index contributed by atoms with van der Waals surface area (Å²) in [4.78, 5) is -0.330. The van der Waals surface area contributed by atoms with Gasteiger partial charge < -0.3 is 10.4 Å². The van der Waals surface area contributed by atoms with Crippen LogP contribution in [0, 0.1) is 6.92 Å². The lowest BCUT2D eigenvalue weighted by molar-refractivity contribution is 0.471. The van der Waals surface area contributed by atoms with Crippen LogP contribution in [0.4, 0.5) is 5.69 Å². The summed E-state index contributed by atoms with van der Waals surface area (Å²) < 4.78 is 31.7. The minimum absolute atomic E-state index is 0.189. The van der Waals surface area contributed by atoms with E-state index < -0.39 is 10.1 Å². The Morgan fingerprint density at radius 3 is 2.54 bits per heavy atom. The van der Waals surface area contributed by atoms with Gasteiger partial charge in [0, 0.05) is 23.7 Å². The lowest BCUT2D eigenvalue weighted by Crippen LogP contribution is -2.00. The minimum atomic E-state index is -4.37. The highest BCUT2D eigenvalue weighted by Gasteiger charge is 2.13. The number of phenolic OH excluding ortho intramolecular Hbond substituents is 1. The molecule has 3 aromatic rings. The van der Waals surface area contributed by atoms with Gasteiger partial charge >= 0.3 is 0 Å². The SMILES string of the molecule is Cc1cccc(CNc2ccc3c(O)cc(S(=O)(=O)O)cc3c2)c1. The maximum atomic E-state index is 11.3. The zero-order chi connectivity index (χ0) is 17.3. The number of benzene rings is 3. The number of aryl methyl sites for hydroxylation is 1. The predicted molar refractivity (Wildman–Crippen MR) is 93.9 cm³/mol. The Morgan fingerprint density at radius 1 is 1.04 bits per heavy atom. The topological polar surface area (TPSA) is 86.6 Å². The molecule has 3 N–H and O–H groups in total. The van der Waals surface area contributed by atoms with Crippen molar-refractivity contribution in [2.45, 2.75) is 18.4 Å². The van der Waals surface area contributed by atoms with Crippen molar-refractivity contribution in [1.82, 2.24) is 0 Å². The fourth-order valence-electron chi connectivity index (χ4n) is 2.61. The Kier molecular flexibility index (Phi) is 4.17. The molecule has 0 aromatic heterocycles. The average Bonchev–Trinajstić information content (AvgIpc) is 2.52. The quantitative estimate of drug-likeness (QED) is 0.629. The molecule has 3 aromatic carbocycles. The molecule has 0 radical (unpaired) electrons. The zero-order valence-electron chi connectivity index (χ0n) is 13.0. The third-order valence-corrected chi connectivity index (χ3v) is 4.61. The number of anilines is 1. The molecule has 24 heavy (non-hydrogen) atoms. The maximum absolute atomic E-state index is 11.3. The van der Waals surface area contributed by atoms with Crippen molar-refractivity contribution in [2.24, 2.45) is 0 Å². The van der Waals surface area contributed by atoms with E-state index in [0.29, 0.717) is 17.3 Å². The molecule has 0 unspecified atom stereocenters. The summed E-state index contributed by atoms with van der Waals surface area (Å²) >= 11 is 0. The van der Waals surface area contributed by atoms with E-state index in [1.165, 1.54) is 11.6 Å². The van der Waals surface area contributed by atoms with E-state index >= 15 is 0 Å². The molecule has 0 atom stereocenters. The Bertz CT molecular complexity index is 1010. The number of aromatic hydroxyl groups is 1. The molecule has 0 aliphatic heterocycles. The van der Waals surface area contributed by atoms with Gasteiger partial charge in [-0.05, 0) is 42.1 Å². The Balaban J connectivity index is 1.92. The van der Waals surface area contributed by atoms with Crippen LogP contribution in [0.25, 0.3) is 10.8 Å². The van der Waals surface area contributed by atoms with Gasteiger partial charge in [0.15, 0.2) is 0 Å². The number of hydrogen-bond acceptors (Lipinski definition) is 4. The monoisotopic (exact) mass is 343 g/mol. The zero-order valence-corrected chi connectivity index (χ0v) is 13.8. The van der Waals surface area contributed by atoms with Gasteiger partial charge in [-0.15, -0.1) is 0 Å². The van der Waals surface area contributed by atoms with Crippen molar-refractivity contribution < 1.29 is 18.1 Å². The summed E-state index contributed by atoms with van der Waals surface area (Å²) in [6.45, 7) is 2.65. The van der Waals surface area contributed by atoms with E-state index in [9.17, 15) is 13.5 Å². The number of phenols is 1. The van der Waals surface area contributed by atoms with E-state index in [1.807, 2.05) is 31.2 Å². The second-order valence-electron chi connectivity index (χ2n) is 5.70. The van der Waals surface area contributed by atoms with Crippen LogP contribution >= 0.6 is 0 Å². The average molecular weight is 343 g/mol. The van der Waals surface area contributed by atoms with Crippen molar-refractivity contribution in [3.8, 4) is 5.75 Å². The summed E-state index contributed by atoms with van der Waals surface area (Å²) in [5.41, 5.74) is 3.09. The molecule has 5 nitrogen and oxygen atoms in total. The normalized spacial score (nSPS) is 11.6. The molecular formula is C18H17NO4S. The summed E-state index contributed by atoms with van der Waals surface area (Å²) in [6, 6.07) is 15.7. The molecule has 0 aliphatic carbocycles. The summed E-state index contributed by atoms with van der Waals surface area (Å²) in [5.74, 6) is -0.189. The number of nitrogens with one attached hydrogen (secondary N) is 1. The van der Waals surface area contributed by atoms with E-state index in [0.717, 1.165) is 17.3 Å². The van der Waals surface area contributed by atoms with Gasteiger partial charge in [-0.25, -0.2) is 0 Å². The van der Waals surface area contributed by atoms with Gasteiger partial charge in [-0.2, -0.15) is 8.42 Å². The fourth-order valence-corrected chi connectivity index (χ4v) is 3.14. The van der Waals surface area contributed by atoms with E-state index in [2.05, 4.69) is 11.4 Å². The highest BCUT2D eigenvalue weighted by molar-refractivity contribution is 7.85. The largest absolute Gasteiger partial charge is 0.507 e. The molecule has 6 heteroatoms. The van der Waals surface area contributed by atoms with Gasteiger partial charge in [0.1, 0.15) is 5.75 Å². The number of hydrogen-bond donors (Lipinski definition) is 3. The molecule has 0 bridgehead atoms. The van der Waals surface area contributed by atoms with Crippen molar-refractivity contribution in [3.05, 3.63) is 65.7 Å². The van der Waals surface area contributed by atoms with Gasteiger partial charge in [0.25, 0.3) is 10.1 Å². The first-order valence-corrected chi connectivity index (χ1v) is 8.80. The maximum Gasteiger partial charge on any atom is 0.294 e. The van der Waals surface area contributed by atoms with Gasteiger partial charge in [0.2, 0.25) is 0 Å². The van der Waals surface area contributed by atoms with E-state index in [4.69, 9.17) is 4.55 Å². The van der Waals surface area contributed by atoms with Crippen LogP contribution in [-0.4, -0.2) is 18.1 Å². The highest BCUT2D eigenvalue weighted by atomic mass is 32.2. The van der Waals surface area contributed by atoms with E-state index in [1.54, 1.807) is 12.1 Å². The van der Waals surface area contributed by atoms with Crippen LogP contribution in [0.5, 0.6) is 5.75 Å². The highest BCUT2D eigenvalue weighted by Crippen LogP contribution is 2.30. The van der Waals surface area contributed by atoms with Gasteiger partial charge in [0.05, 0.1) is 4.90 Å². The van der Waals surface area contributed by atoms with Crippen LogP contribution in [0.2, 0.25) is 0 Å². The van der Waals surface area contributed by atoms with Crippen LogP contribution in [0.1, 0.15) is 11.1 Å². The first-order valence-electron chi connectivity index (χ1n) is 7.36. The first kappa shape index (κ1) is 16.3. The second-order valence-corrected chi connectivity index (χ2v) is 7.12. The minimum Gasteiger partial charge on any atom is -0.507 e. The standard InChI is InChI=1S/C18H17NO4S/c1-12-3-2-4-13(7-12)11-19-15-5-6-17-14(8-15)9-16(10-18(17)20)24(21,22)23/h2-10,19-20H,11H2,1H3,(H,21,22,23). The van der Waals surface area contributed by atoms with Crippen molar-refractivity contribution in [2.75, 3.05) is 5.32 Å². The molecule has 124 valence electrons. The van der Waals surface area contributed by atoms with Crippen molar-refractivity contribution in [3.63, 3.8) is 0 Å². The fraction of sp³-hybridized carbons (Fsp3) is 0.111. The van der Waals surface area contributed by atoms with Crippen LogP contribution in [-0.2, 0) is 16.7 Å². The third kappa shape index (κ3) is 3.50. The molecule has 0 heterocycles. The summed E-state index contributed by atoms with van der Waals surface area (Å²) in [7, 11) is -4.37. The van der Waals surface area contributed by atoms with Crippen molar-refractivity contribution >= 4 is 26.6 Å². The predicted octanol–water partition coefficient (Wildman–Crippen LogP) is 3.71. The second kappa shape index (κ2) is 6.14.